The lowest BCUT2D eigenvalue weighted by molar-refractivity contribution is -0.384. The van der Waals surface area contributed by atoms with Crippen molar-refractivity contribution in [3.63, 3.8) is 0 Å². The van der Waals surface area contributed by atoms with Crippen LogP contribution in [0.3, 0.4) is 0 Å². The van der Waals surface area contributed by atoms with Crippen LogP contribution in [0.4, 0.5) is 11.4 Å². The van der Waals surface area contributed by atoms with E-state index in [1.807, 2.05) is 18.2 Å². The van der Waals surface area contributed by atoms with Gasteiger partial charge in [-0.3, -0.25) is 14.9 Å². The quantitative estimate of drug-likeness (QED) is 0.325. The van der Waals surface area contributed by atoms with Crippen molar-refractivity contribution >= 4 is 28.8 Å². The third kappa shape index (κ3) is 4.71. The fraction of sp³-hybridized carbons (Fsp3) is 0.0952. The number of carbonyl (C=O) groups is 1. The van der Waals surface area contributed by atoms with Crippen LogP contribution in [0.15, 0.2) is 78.9 Å². The van der Waals surface area contributed by atoms with Gasteiger partial charge >= 0.3 is 0 Å². The molecule has 0 radical (unpaired) electrons. The summed E-state index contributed by atoms with van der Waals surface area (Å²) in [6, 6.07) is 22.0. The molecule has 3 aromatic rings. The highest BCUT2D eigenvalue weighted by molar-refractivity contribution is 6.30. The molecule has 1 unspecified atom stereocenters. The lowest BCUT2D eigenvalue weighted by Crippen LogP contribution is -2.16. The Morgan fingerprint density at radius 1 is 0.963 bits per heavy atom. The Labute approximate surface area is 161 Å². The first-order chi connectivity index (χ1) is 13.0. The number of nitro benzene ring substituents is 1. The number of Topliss-reactive ketones (excluding diaryl/α,β-unsaturated/α-hetero) is 1. The zero-order valence-corrected chi connectivity index (χ0v) is 15.1. The van der Waals surface area contributed by atoms with E-state index in [1.165, 1.54) is 6.07 Å². The van der Waals surface area contributed by atoms with Gasteiger partial charge in [-0.25, -0.2) is 0 Å². The van der Waals surface area contributed by atoms with Gasteiger partial charge < -0.3 is 5.32 Å². The number of hydrogen-bond donors (Lipinski definition) is 1. The molecule has 0 saturated heterocycles. The van der Waals surface area contributed by atoms with Crippen molar-refractivity contribution in [3.05, 3.63) is 105 Å². The van der Waals surface area contributed by atoms with Crippen LogP contribution in [0, 0.1) is 10.1 Å². The van der Waals surface area contributed by atoms with Crippen LogP contribution in [0.1, 0.15) is 28.4 Å². The number of para-hydroxylation sites is 2. The average molecular weight is 381 g/mol. The monoisotopic (exact) mass is 380 g/mol. The summed E-state index contributed by atoms with van der Waals surface area (Å²) < 4.78 is 0. The van der Waals surface area contributed by atoms with Gasteiger partial charge in [0.1, 0.15) is 5.69 Å². The predicted octanol–water partition coefficient (Wildman–Crippen LogP) is 5.67. The van der Waals surface area contributed by atoms with E-state index in [4.69, 9.17) is 11.6 Å². The van der Waals surface area contributed by atoms with Crippen LogP contribution in [0.5, 0.6) is 0 Å². The summed E-state index contributed by atoms with van der Waals surface area (Å²) in [5.41, 5.74) is 1.74. The van der Waals surface area contributed by atoms with Gasteiger partial charge in [-0.2, -0.15) is 0 Å². The molecule has 0 heterocycles. The summed E-state index contributed by atoms with van der Waals surface area (Å²) in [5, 5.41) is 15.1. The molecule has 136 valence electrons. The minimum Gasteiger partial charge on any atom is -0.372 e. The molecule has 0 amide bonds. The molecule has 3 aromatic carbocycles. The zero-order valence-electron chi connectivity index (χ0n) is 14.3. The number of benzene rings is 3. The largest absolute Gasteiger partial charge is 0.372 e. The number of carbonyl (C=O) groups excluding carboxylic acids is 1. The van der Waals surface area contributed by atoms with Crippen molar-refractivity contribution in [2.45, 2.75) is 12.5 Å². The van der Waals surface area contributed by atoms with Crippen molar-refractivity contribution in [2.75, 3.05) is 5.32 Å². The second-order valence-corrected chi connectivity index (χ2v) is 6.45. The normalized spacial score (nSPS) is 11.6. The number of nitro groups is 1. The van der Waals surface area contributed by atoms with Crippen LogP contribution in [0.2, 0.25) is 5.02 Å². The van der Waals surface area contributed by atoms with E-state index in [-0.39, 0.29) is 17.9 Å². The van der Waals surface area contributed by atoms with Gasteiger partial charge in [-0.15, -0.1) is 0 Å². The minimum atomic E-state index is -0.444. The molecule has 6 heteroatoms. The summed E-state index contributed by atoms with van der Waals surface area (Å²) in [5.74, 6) is -0.0540. The Balaban J connectivity index is 1.92. The maximum absolute atomic E-state index is 12.7. The third-order valence-corrected chi connectivity index (χ3v) is 4.44. The first-order valence-electron chi connectivity index (χ1n) is 8.38. The van der Waals surface area contributed by atoms with Crippen LogP contribution < -0.4 is 5.32 Å². The number of hydrogen-bond acceptors (Lipinski definition) is 4. The molecule has 1 N–H and O–H groups in total. The summed E-state index contributed by atoms with van der Waals surface area (Å²) in [6.07, 6.45) is 0.150. The average Bonchev–Trinajstić information content (AvgIpc) is 2.69. The van der Waals surface area contributed by atoms with Crippen LogP contribution in [0.25, 0.3) is 0 Å². The number of nitrogens with one attached hydrogen (secondary N) is 1. The van der Waals surface area contributed by atoms with Crippen molar-refractivity contribution in [1.29, 1.82) is 0 Å². The summed E-state index contributed by atoms with van der Waals surface area (Å²) in [7, 11) is 0. The molecule has 27 heavy (non-hydrogen) atoms. The highest BCUT2D eigenvalue weighted by Gasteiger charge is 2.21. The molecule has 1 atom stereocenters. The number of anilines is 1. The van der Waals surface area contributed by atoms with E-state index in [1.54, 1.807) is 54.6 Å². The Kier molecular flexibility index (Phi) is 5.84. The first-order valence-corrected chi connectivity index (χ1v) is 8.76. The Morgan fingerprint density at radius 2 is 1.59 bits per heavy atom. The van der Waals surface area contributed by atoms with Crippen molar-refractivity contribution in [1.82, 2.24) is 0 Å². The smallest absolute Gasteiger partial charge is 0.292 e. The van der Waals surface area contributed by atoms with Crippen LogP contribution in [-0.2, 0) is 0 Å². The molecule has 0 aliphatic heterocycles. The number of rotatable bonds is 7. The van der Waals surface area contributed by atoms with Gasteiger partial charge in [-0.1, -0.05) is 66.2 Å². The van der Waals surface area contributed by atoms with E-state index in [0.717, 1.165) is 5.56 Å². The lowest BCUT2D eigenvalue weighted by atomic mass is 9.97. The molecule has 0 fully saturated rings. The van der Waals surface area contributed by atoms with Gasteiger partial charge in [0.25, 0.3) is 5.69 Å². The van der Waals surface area contributed by atoms with Gasteiger partial charge in [-0.05, 0) is 23.8 Å². The van der Waals surface area contributed by atoms with Gasteiger partial charge in [0, 0.05) is 23.1 Å². The van der Waals surface area contributed by atoms with Gasteiger partial charge in [0.05, 0.1) is 11.0 Å². The standard InChI is InChI=1S/C21H17ClN2O3/c22-17-12-10-15(11-13-17)19(14-21(25)16-6-2-1-3-7-16)23-18-8-4-5-9-20(18)24(26)27/h1-13,19,23H,14H2. The summed E-state index contributed by atoms with van der Waals surface area (Å²) in [4.78, 5) is 23.6. The molecule has 0 bridgehead atoms. The van der Waals surface area contributed by atoms with E-state index < -0.39 is 11.0 Å². The number of nitrogens with zero attached hydrogens (tertiary/aromatic N) is 1. The molecular weight excluding hydrogens is 364 g/mol. The molecule has 0 aromatic heterocycles. The topological polar surface area (TPSA) is 72.2 Å². The molecule has 0 spiro atoms. The molecule has 0 aliphatic rings. The maximum Gasteiger partial charge on any atom is 0.292 e. The predicted molar refractivity (Wildman–Crippen MR) is 106 cm³/mol. The summed E-state index contributed by atoms with van der Waals surface area (Å²) >= 11 is 5.97. The maximum atomic E-state index is 12.7. The Hall–Kier alpha value is -3.18. The molecule has 0 saturated carbocycles. The SMILES string of the molecule is O=C(CC(Nc1ccccc1[N+](=O)[O-])c1ccc(Cl)cc1)c1ccccc1. The van der Waals surface area contributed by atoms with Gasteiger partial charge in [0.2, 0.25) is 0 Å². The Bertz CT molecular complexity index is 943. The zero-order chi connectivity index (χ0) is 19.2. The highest BCUT2D eigenvalue weighted by atomic mass is 35.5. The van der Waals surface area contributed by atoms with Crippen LogP contribution in [-0.4, -0.2) is 10.7 Å². The van der Waals surface area contributed by atoms with Crippen molar-refractivity contribution in [3.8, 4) is 0 Å². The number of ketones is 1. The van der Waals surface area contributed by atoms with E-state index >= 15 is 0 Å². The number of halogens is 1. The fourth-order valence-corrected chi connectivity index (χ4v) is 2.94. The van der Waals surface area contributed by atoms with Crippen molar-refractivity contribution < 1.29 is 9.72 Å². The fourth-order valence-electron chi connectivity index (χ4n) is 2.82. The van der Waals surface area contributed by atoms with Crippen LogP contribution >= 0.6 is 11.6 Å². The van der Waals surface area contributed by atoms with E-state index in [0.29, 0.717) is 16.3 Å². The summed E-state index contributed by atoms with van der Waals surface area (Å²) in [6.45, 7) is 0. The van der Waals surface area contributed by atoms with Gasteiger partial charge in [0.15, 0.2) is 5.78 Å². The van der Waals surface area contributed by atoms with E-state index in [9.17, 15) is 14.9 Å². The first kappa shape index (κ1) is 18.6. The lowest BCUT2D eigenvalue weighted by Gasteiger charge is -2.20. The molecule has 0 aliphatic carbocycles. The molecular formula is C21H17ClN2O3. The minimum absolute atomic E-state index is 0.0383. The molecule has 3 rings (SSSR count). The molecule has 5 nitrogen and oxygen atoms in total. The second kappa shape index (κ2) is 8.47. The Morgan fingerprint density at radius 3 is 2.26 bits per heavy atom. The van der Waals surface area contributed by atoms with Crippen molar-refractivity contribution in [2.24, 2.45) is 0 Å². The van der Waals surface area contributed by atoms with E-state index in [2.05, 4.69) is 5.32 Å². The highest BCUT2D eigenvalue weighted by Crippen LogP contribution is 2.30. The second-order valence-electron chi connectivity index (χ2n) is 6.02. The third-order valence-electron chi connectivity index (χ3n) is 4.19.